The first-order valence-corrected chi connectivity index (χ1v) is 5.36. The minimum atomic E-state index is 0.196. The van der Waals surface area contributed by atoms with Gasteiger partial charge in [-0.1, -0.05) is 6.07 Å². The van der Waals surface area contributed by atoms with Gasteiger partial charge in [-0.05, 0) is 29.8 Å². The van der Waals surface area contributed by atoms with E-state index in [1.165, 1.54) is 6.20 Å². The number of hydrogen-bond acceptors (Lipinski definition) is 6. The van der Waals surface area contributed by atoms with E-state index >= 15 is 0 Å². The molecule has 0 fully saturated rings. The second-order valence-electron chi connectivity index (χ2n) is 3.71. The van der Waals surface area contributed by atoms with E-state index in [9.17, 15) is 0 Å². The number of H-pyrrole nitrogens is 1. The lowest BCUT2D eigenvalue weighted by atomic mass is 10.1. The van der Waals surface area contributed by atoms with Crippen LogP contribution in [0.4, 0.5) is 5.69 Å². The lowest BCUT2D eigenvalue weighted by Gasteiger charge is -2.04. The van der Waals surface area contributed by atoms with E-state index in [0.29, 0.717) is 11.3 Å². The van der Waals surface area contributed by atoms with Crippen LogP contribution in [0.3, 0.4) is 0 Å². The molecule has 1 heterocycles. The van der Waals surface area contributed by atoms with E-state index in [-0.39, 0.29) is 11.4 Å². The Morgan fingerprint density at radius 3 is 2.89 bits per heavy atom. The summed E-state index contributed by atoms with van der Waals surface area (Å²) in [4.78, 5) is 0. The summed E-state index contributed by atoms with van der Waals surface area (Å²) in [6.07, 6.45) is 1.44. The maximum absolute atomic E-state index is 9.01. The molecule has 2 N–H and O–H groups in total. The number of nitriles is 2. The molecule has 0 aliphatic heterocycles. The summed E-state index contributed by atoms with van der Waals surface area (Å²) in [5.41, 5.74) is 2.35. The van der Waals surface area contributed by atoms with Crippen molar-refractivity contribution in [2.24, 2.45) is 0 Å². The predicted octanol–water partition coefficient (Wildman–Crippen LogP) is 1.36. The highest BCUT2D eigenvalue weighted by atomic mass is 15.5. The lowest BCUT2D eigenvalue weighted by molar-refractivity contribution is 0.881. The van der Waals surface area contributed by atoms with Gasteiger partial charge in [-0.3, -0.25) is 0 Å². The van der Waals surface area contributed by atoms with E-state index in [1.807, 2.05) is 25.1 Å². The average Bonchev–Trinajstić information content (AvgIpc) is 2.94. The van der Waals surface area contributed by atoms with Gasteiger partial charge in [0.25, 0.3) is 0 Å². The molecule has 0 atom stereocenters. The Labute approximate surface area is 109 Å². The van der Waals surface area contributed by atoms with Crippen LogP contribution in [0, 0.1) is 29.6 Å². The van der Waals surface area contributed by atoms with Crippen LogP contribution in [0.2, 0.25) is 0 Å². The van der Waals surface area contributed by atoms with Crippen LogP contribution in [0.5, 0.6) is 0 Å². The highest BCUT2D eigenvalue weighted by Gasteiger charge is 2.06. The van der Waals surface area contributed by atoms with Gasteiger partial charge in [0.2, 0.25) is 5.82 Å². The Morgan fingerprint density at radius 1 is 1.42 bits per heavy atom. The van der Waals surface area contributed by atoms with Crippen molar-refractivity contribution < 1.29 is 0 Å². The highest BCUT2D eigenvalue weighted by Crippen LogP contribution is 2.17. The summed E-state index contributed by atoms with van der Waals surface area (Å²) in [5.74, 6) is 0.196. The quantitative estimate of drug-likeness (QED) is 0.796. The summed E-state index contributed by atoms with van der Waals surface area (Å²) < 4.78 is 0. The first-order chi connectivity index (χ1) is 9.24. The number of allylic oxidation sites excluding steroid dienone is 1. The Balaban J connectivity index is 2.30. The molecular formula is C12H9N7. The molecule has 0 aliphatic rings. The number of tetrazole rings is 1. The summed E-state index contributed by atoms with van der Waals surface area (Å²) in [5, 5.41) is 34.0. The smallest absolute Gasteiger partial charge is 0.216 e. The minimum Gasteiger partial charge on any atom is -0.359 e. The van der Waals surface area contributed by atoms with Crippen molar-refractivity contribution >= 4 is 11.3 Å². The zero-order chi connectivity index (χ0) is 13.7. The van der Waals surface area contributed by atoms with Crippen LogP contribution in [-0.2, 0) is 0 Å². The average molecular weight is 251 g/mol. The van der Waals surface area contributed by atoms with Gasteiger partial charge < -0.3 is 5.32 Å². The van der Waals surface area contributed by atoms with Crippen molar-refractivity contribution in [3.63, 3.8) is 0 Å². The van der Waals surface area contributed by atoms with Gasteiger partial charge in [-0.2, -0.15) is 15.7 Å². The van der Waals surface area contributed by atoms with Crippen LogP contribution in [-0.4, -0.2) is 20.6 Å². The van der Waals surface area contributed by atoms with Gasteiger partial charge in [0.15, 0.2) is 0 Å². The molecule has 92 valence electrons. The molecule has 0 bridgehead atoms. The number of anilines is 1. The Morgan fingerprint density at radius 2 is 2.26 bits per heavy atom. The van der Waals surface area contributed by atoms with Crippen molar-refractivity contribution in [1.82, 2.24) is 20.6 Å². The zero-order valence-electron chi connectivity index (χ0n) is 10.0. The molecule has 1 aromatic carbocycles. The molecule has 2 rings (SSSR count). The minimum absolute atomic E-state index is 0.196. The Hall–Kier alpha value is -3.19. The second-order valence-corrected chi connectivity index (χ2v) is 3.71. The maximum atomic E-state index is 9.01. The molecule has 0 saturated carbocycles. The molecule has 2 aromatic rings. The number of aryl methyl sites for hydroxylation is 1. The standard InChI is InChI=1S/C12H9N7/c1-8-2-3-9(5-13)11(4-8)15-7-10(6-14)12-16-18-19-17-12/h2-4,7,15H,1H3,(H,16,17,18,19). The summed E-state index contributed by atoms with van der Waals surface area (Å²) in [6.45, 7) is 1.92. The second kappa shape index (κ2) is 5.43. The molecular weight excluding hydrogens is 242 g/mol. The van der Waals surface area contributed by atoms with Crippen LogP contribution in [0.1, 0.15) is 17.0 Å². The van der Waals surface area contributed by atoms with Crippen molar-refractivity contribution in [3.05, 3.63) is 41.4 Å². The van der Waals surface area contributed by atoms with Crippen LogP contribution in [0.25, 0.3) is 5.57 Å². The van der Waals surface area contributed by atoms with E-state index in [1.54, 1.807) is 6.07 Å². The molecule has 7 heteroatoms. The monoisotopic (exact) mass is 251 g/mol. The van der Waals surface area contributed by atoms with Crippen molar-refractivity contribution in [1.29, 1.82) is 10.5 Å². The highest BCUT2D eigenvalue weighted by molar-refractivity contribution is 5.75. The van der Waals surface area contributed by atoms with Gasteiger partial charge in [0.05, 0.1) is 11.3 Å². The van der Waals surface area contributed by atoms with Gasteiger partial charge in [0.1, 0.15) is 17.7 Å². The van der Waals surface area contributed by atoms with Gasteiger partial charge in [-0.25, -0.2) is 0 Å². The van der Waals surface area contributed by atoms with Crippen LogP contribution < -0.4 is 5.32 Å². The van der Waals surface area contributed by atoms with Crippen LogP contribution in [0.15, 0.2) is 24.4 Å². The number of aromatic nitrogens is 4. The Kier molecular flexibility index (Phi) is 3.51. The number of hydrogen-bond donors (Lipinski definition) is 2. The number of benzene rings is 1. The molecule has 0 saturated heterocycles. The lowest BCUT2D eigenvalue weighted by Crippen LogP contribution is -1.95. The molecule has 0 amide bonds. The normalized spacial score (nSPS) is 10.6. The molecule has 0 spiro atoms. The summed E-state index contributed by atoms with van der Waals surface area (Å²) >= 11 is 0. The SMILES string of the molecule is Cc1ccc(C#N)c(NC=C(C#N)c2nn[nH]n2)c1. The van der Waals surface area contributed by atoms with Gasteiger partial charge in [0, 0.05) is 6.20 Å². The zero-order valence-corrected chi connectivity index (χ0v) is 10.0. The largest absolute Gasteiger partial charge is 0.359 e. The van der Waals surface area contributed by atoms with E-state index in [0.717, 1.165) is 5.56 Å². The molecule has 0 radical (unpaired) electrons. The maximum Gasteiger partial charge on any atom is 0.216 e. The predicted molar refractivity (Wildman–Crippen MR) is 67.3 cm³/mol. The molecule has 1 aromatic heterocycles. The number of nitrogens with zero attached hydrogens (tertiary/aromatic N) is 5. The first kappa shape index (κ1) is 12.3. The fourth-order valence-electron chi connectivity index (χ4n) is 1.45. The summed E-state index contributed by atoms with van der Waals surface area (Å²) in [7, 11) is 0. The number of aromatic amines is 1. The number of nitrogens with one attached hydrogen (secondary N) is 2. The van der Waals surface area contributed by atoms with Crippen molar-refractivity contribution in [3.8, 4) is 12.1 Å². The fourth-order valence-corrected chi connectivity index (χ4v) is 1.45. The fraction of sp³-hybridized carbons (Fsp3) is 0.0833. The third-order valence-electron chi connectivity index (χ3n) is 2.37. The summed E-state index contributed by atoms with van der Waals surface area (Å²) in [6, 6.07) is 9.41. The van der Waals surface area contributed by atoms with Crippen LogP contribution >= 0.6 is 0 Å². The van der Waals surface area contributed by atoms with Gasteiger partial charge >= 0.3 is 0 Å². The number of rotatable bonds is 3. The molecule has 19 heavy (non-hydrogen) atoms. The molecule has 0 aliphatic carbocycles. The van der Waals surface area contributed by atoms with E-state index in [2.05, 4.69) is 32.0 Å². The third-order valence-corrected chi connectivity index (χ3v) is 2.37. The van der Waals surface area contributed by atoms with Crippen molar-refractivity contribution in [2.45, 2.75) is 6.92 Å². The van der Waals surface area contributed by atoms with E-state index < -0.39 is 0 Å². The van der Waals surface area contributed by atoms with Crippen molar-refractivity contribution in [2.75, 3.05) is 5.32 Å². The topological polar surface area (TPSA) is 114 Å². The molecule has 0 unspecified atom stereocenters. The first-order valence-electron chi connectivity index (χ1n) is 5.36. The molecule has 7 nitrogen and oxygen atoms in total. The third kappa shape index (κ3) is 2.73. The Bertz CT molecular complexity index is 686. The van der Waals surface area contributed by atoms with Gasteiger partial charge in [-0.15, -0.1) is 10.2 Å². The van der Waals surface area contributed by atoms with E-state index in [4.69, 9.17) is 10.5 Å².